The van der Waals surface area contributed by atoms with E-state index in [2.05, 4.69) is 20.5 Å². The van der Waals surface area contributed by atoms with Gasteiger partial charge in [-0.1, -0.05) is 19.3 Å². The summed E-state index contributed by atoms with van der Waals surface area (Å²) in [6, 6.07) is 0.262. The summed E-state index contributed by atoms with van der Waals surface area (Å²) in [4.78, 5) is 30.5. The monoisotopic (exact) mass is 350 g/mol. The molecule has 7 heteroatoms. The minimum Gasteiger partial charge on any atom is -0.353 e. The van der Waals surface area contributed by atoms with E-state index in [9.17, 15) is 9.59 Å². The predicted molar refractivity (Wildman–Crippen MR) is 94.9 cm³/mol. The lowest BCUT2D eigenvalue weighted by Crippen LogP contribution is -2.48. The van der Waals surface area contributed by atoms with Crippen LogP contribution in [0.1, 0.15) is 44.9 Å². The Bertz CT molecular complexity index is 535. The van der Waals surface area contributed by atoms with Crippen LogP contribution < -0.4 is 10.6 Å². The van der Waals surface area contributed by atoms with Crippen LogP contribution in [0.5, 0.6) is 0 Å². The number of piperidine rings is 1. The first kappa shape index (κ1) is 17.4. The summed E-state index contributed by atoms with van der Waals surface area (Å²) in [6.45, 7) is 2.09. The van der Waals surface area contributed by atoms with Crippen molar-refractivity contribution in [3.05, 3.63) is 11.6 Å². The first-order valence-electron chi connectivity index (χ1n) is 8.93. The number of aromatic nitrogens is 1. The molecule has 1 aliphatic heterocycles. The lowest BCUT2D eigenvalue weighted by atomic mass is 9.88. The third-order valence-corrected chi connectivity index (χ3v) is 5.64. The zero-order valence-corrected chi connectivity index (χ0v) is 14.8. The maximum atomic E-state index is 12.3. The molecule has 2 aliphatic rings. The maximum Gasteiger partial charge on any atom is 0.240 e. The van der Waals surface area contributed by atoms with Crippen molar-refractivity contribution < 1.29 is 9.59 Å². The fourth-order valence-electron chi connectivity index (χ4n) is 3.57. The van der Waals surface area contributed by atoms with Crippen molar-refractivity contribution in [3.8, 4) is 0 Å². The molecule has 0 unspecified atom stereocenters. The highest BCUT2D eigenvalue weighted by Crippen LogP contribution is 2.24. The highest BCUT2D eigenvalue weighted by molar-refractivity contribution is 7.13. The van der Waals surface area contributed by atoms with Crippen molar-refractivity contribution in [1.29, 1.82) is 0 Å². The largest absolute Gasteiger partial charge is 0.353 e. The zero-order valence-electron chi connectivity index (χ0n) is 14.0. The molecule has 0 atom stereocenters. The number of nitrogens with zero attached hydrogens (tertiary/aromatic N) is 2. The van der Waals surface area contributed by atoms with Gasteiger partial charge in [-0.2, -0.15) is 0 Å². The summed E-state index contributed by atoms with van der Waals surface area (Å²) in [6.07, 6.45) is 9.25. The van der Waals surface area contributed by atoms with E-state index < -0.39 is 0 Å². The van der Waals surface area contributed by atoms with Crippen molar-refractivity contribution in [2.45, 2.75) is 51.0 Å². The Kier molecular flexibility index (Phi) is 6.20. The molecule has 1 aromatic rings. The van der Waals surface area contributed by atoms with Crippen molar-refractivity contribution in [3.63, 3.8) is 0 Å². The standard InChI is InChI=1S/C17H26N4O2S/c22-15(20-17-18-8-11-24-17)12-21-9-6-14(7-10-21)19-16(23)13-4-2-1-3-5-13/h8,11,13-14H,1-7,9-10,12H2,(H,19,23)(H,18,20,22). The van der Waals surface area contributed by atoms with Gasteiger partial charge in [0.25, 0.3) is 0 Å². The Hall–Kier alpha value is -1.47. The van der Waals surface area contributed by atoms with E-state index >= 15 is 0 Å². The van der Waals surface area contributed by atoms with Crippen LogP contribution in [0.4, 0.5) is 5.13 Å². The second kappa shape index (κ2) is 8.58. The van der Waals surface area contributed by atoms with E-state index in [1.165, 1.54) is 30.6 Å². The van der Waals surface area contributed by atoms with E-state index in [0.29, 0.717) is 11.7 Å². The van der Waals surface area contributed by atoms with Crippen LogP contribution in [0.15, 0.2) is 11.6 Å². The van der Waals surface area contributed by atoms with E-state index in [1.54, 1.807) is 6.20 Å². The number of carbonyl (C=O) groups is 2. The Morgan fingerprint density at radius 2 is 1.92 bits per heavy atom. The molecule has 3 rings (SSSR count). The van der Waals surface area contributed by atoms with Crippen LogP contribution in [0.2, 0.25) is 0 Å². The van der Waals surface area contributed by atoms with Crippen molar-refractivity contribution in [1.82, 2.24) is 15.2 Å². The number of hydrogen-bond acceptors (Lipinski definition) is 5. The van der Waals surface area contributed by atoms with Gasteiger partial charge in [0.05, 0.1) is 6.54 Å². The summed E-state index contributed by atoms with van der Waals surface area (Å²) < 4.78 is 0. The van der Waals surface area contributed by atoms with Crippen molar-refractivity contribution in [2.75, 3.05) is 25.0 Å². The Balaban J connectivity index is 1.36. The number of rotatable bonds is 5. The van der Waals surface area contributed by atoms with Gasteiger partial charge in [0.1, 0.15) is 0 Å². The first-order chi connectivity index (χ1) is 11.7. The van der Waals surface area contributed by atoms with Gasteiger partial charge in [-0.15, -0.1) is 11.3 Å². The highest BCUT2D eigenvalue weighted by atomic mass is 32.1. The van der Waals surface area contributed by atoms with Gasteiger partial charge in [0.15, 0.2) is 5.13 Å². The number of hydrogen-bond donors (Lipinski definition) is 2. The smallest absolute Gasteiger partial charge is 0.240 e. The molecule has 6 nitrogen and oxygen atoms in total. The number of thiazole rings is 1. The second-order valence-electron chi connectivity index (χ2n) is 6.78. The summed E-state index contributed by atoms with van der Waals surface area (Å²) >= 11 is 1.42. The molecule has 0 radical (unpaired) electrons. The minimum atomic E-state index is -0.0189. The molecular weight excluding hydrogens is 324 g/mol. The predicted octanol–water partition coefficient (Wildman–Crippen LogP) is 2.24. The molecule has 24 heavy (non-hydrogen) atoms. The van der Waals surface area contributed by atoms with Crippen LogP contribution in [0.3, 0.4) is 0 Å². The van der Waals surface area contributed by atoms with E-state index in [0.717, 1.165) is 38.8 Å². The number of nitrogens with one attached hydrogen (secondary N) is 2. The average molecular weight is 350 g/mol. The first-order valence-corrected chi connectivity index (χ1v) is 9.81. The molecule has 132 valence electrons. The van der Waals surface area contributed by atoms with Crippen LogP contribution in [0, 0.1) is 5.92 Å². The van der Waals surface area contributed by atoms with Crippen LogP contribution in [-0.2, 0) is 9.59 Å². The average Bonchev–Trinajstić information content (AvgIpc) is 3.10. The van der Waals surface area contributed by atoms with E-state index in [-0.39, 0.29) is 23.8 Å². The number of carbonyl (C=O) groups excluding carboxylic acids is 2. The molecule has 2 fully saturated rings. The Labute approximate surface area is 147 Å². The lowest BCUT2D eigenvalue weighted by molar-refractivity contribution is -0.127. The van der Waals surface area contributed by atoms with Gasteiger partial charge >= 0.3 is 0 Å². The van der Waals surface area contributed by atoms with Crippen molar-refractivity contribution in [2.24, 2.45) is 5.92 Å². The number of amides is 2. The van der Waals surface area contributed by atoms with Gasteiger partial charge in [-0.25, -0.2) is 4.98 Å². The van der Waals surface area contributed by atoms with E-state index in [1.807, 2.05) is 5.38 Å². The normalized spacial score (nSPS) is 20.7. The van der Waals surface area contributed by atoms with Gasteiger partial charge in [0, 0.05) is 36.6 Å². The summed E-state index contributed by atoms with van der Waals surface area (Å²) in [7, 11) is 0. The molecule has 2 amide bonds. The lowest BCUT2D eigenvalue weighted by Gasteiger charge is -2.33. The zero-order chi connectivity index (χ0) is 16.8. The fourth-order valence-corrected chi connectivity index (χ4v) is 4.11. The molecule has 1 saturated carbocycles. The summed E-state index contributed by atoms with van der Waals surface area (Å²) in [5.74, 6) is 0.449. The molecule has 0 aromatic carbocycles. The second-order valence-corrected chi connectivity index (χ2v) is 7.67. The third-order valence-electron chi connectivity index (χ3n) is 4.96. The quantitative estimate of drug-likeness (QED) is 0.854. The van der Waals surface area contributed by atoms with Crippen LogP contribution in [-0.4, -0.2) is 47.4 Å². The third kappa shape index (κ3) is 5.01. The molecule has 1 aromatic heterocycles. The molecular formula is C17H26N4O2S. The molecule has 1 aliphatic carbocycles. The molecule has 2 heterocycles. The van der Waals surface area contributed by atoms with Crippen LogP contribution in [0.25, 0.3) is 0 Å². The Morgan fingerprint density at radius 3 is 2.58 bits per heavy atom. The van der Waals surface area contributed by atoms with Crippen molar-refractivity contribution >= 4 is 28.3 Å². The number of anilines is 1. The molecule has 2 N–H and O–H groups in total. The van der Waals surface area contributed by atoms with Gasteiger partial charge < -0.3 is 10.6 Å². The van der Waals surface area contributed by atoms with Gasteiger partial charge in [-0.05, 0) is 25.7 Å². The molecule has 0 bridgehead atoms. The van der Waals surface area contributed by atoms with E-state index in [4.69, 9.17) is 0 Å². The molecule has 1 saturated heterocycles. The highest BCUT2D eigenvalue weighted by Gasteiger charge is 2.26. The minimum absolute atomic E-state index is 0.0189. The summed E-state index contributed by atoms with van der Waals surface area (Å²) in [5, 5.41) is 8.53. The van der Waals surface area contributed by atoms with Gasteiger partial charge in [-0.3, -0.25) is 14.5 Å². The SMILES string of the molecule is O=C(CN1CCC(NC(=O)C2CCCCC2)CC1)Nc1nccs1. The number of likely N-dealkylation sites (tertiary alicyclic amines) is 1. The Morgan fingerprint density at radius 1 is 1.17 bits per heavy atom. The fraction of sp³-hybridized carbons (Fsp3) is 0.706. The topological polar surface area (TPSA) is 74.3 Å². The maximum absolute atomic E-state index is 12.3. The summed E-state index contributed by atoms with van der Waals surface area (Å²) in [5.41, 5.74) is 0. The molecule has 0 spiro atoms. The van der Waals surface area contributed by atoms with Crippen LogP contribution >= 0.6 is 11.3 Å². The van der Waals surface area contributed by atoms with Gasteiger partial charge in [0.2, 0.25) is 11.8 Å².